The Bertz CT molecular complexity index is 587. The highest BCUT2D eigenvalue weighted by molar-refractivity contribution is 5.82. The van der Waals surface area contributed by atoms with Gasteiger partial charge in [0.1, 0.15) is 5.76 Å². The number of aromatic nitrogens is 1. The monoisotopic (exact) mass is 240 g/mol. The van der Waals surface area contributed by atoms with Gasteiger partial charge in [0.25, 0.3) is 0 Å². The van der Waals surface area contributed by atoms with Gasteiger partial charge in [0, 0.05) is 11.6 Å². The van der Waals surface area contributed by atoms with Gasteiger partial charge < -0.3 is 10.5 Å². The van der Waals surface area contributed by atoms with E-state index in [-0.39, 0.29) is 6.04 Å². The van der Waals surface area contributed by atoms with Gasteiger partial charge in [-0.15, -0.1) is 0 Å². The van der Waals surface area contributed by atoms with Gasteiger partial charge in [-0.05, 0) is 36.6 Å². The smallest absolute Gasteiger partial charge is 0.113 e. The van der Waals surface area contributed by atoms with Crippen LogP contribution in [0.3, 0.4) is 0 Å². The molecule has 0 aliphatic carbocycles. The Morgan fingerprint density at radius 2 is 2.17 bits per heavy atom. The van der Waals surface area contributed by atoms with Crippen molar-refractivity contribution in [2.24, 2.45) is 5.73 Å². The lowest BCUT2D eigenvalue weighted by Crippen LogP contribution is -2.18. The van der Waals surface area contributed by atoms with Gasteiger partial charge in [-0.3, -0.25) is 4.98 Å². The van der Waals surface area contributed by atoms with E-state index in [9.17, 15) is 0 Å². The van der Waals surface area contributed by atoms with E-state index >= 15 is 0 Å². The van der Waals surface area contributed by atoms with E-state index in [0.717, 1.165) is 41.7 Å². The van der Waals surface area contributed by atoms with Gasteiger partial charge >= 0.3 is 0 Å². The van der Waals surface area contributed by atoms with Gasteiger partial charge in [-0.1, -0.05) is 18.2 Å². The fraction of sp³-hybridized carbons (Fsp3) is 0.267. The zero-order valence-corrected chi connectivity index (χ0v) is 10.2. The summed E-state index contributed by atoms with van der Waals surface area (Å²) in [6.07, 6.45) is 6.02. The molecule has 92 valence electrons. The van der Waals surface area contributed by atoms with Crippen molar-refractivity contribution in [3.05, 3.63) is 53.9 Å². The lowest BCUT2D eigenvalue weighted by atomic mass is 9.99. The Balaban J connectivity index is 2.05. The number of benzene rings is 1. The molecule has 3 nitrogen and oxygen atoms in total. The summed E-state index contributed by atoms with van der Waals surface area (Å²) in [5.74, 6) is 0.887. The van der Waals surface area contributed by atoms with Crippen molar-refractivity contribution >= 4 is 10.9 Å². The molecule has 1 aromatic carbocycles. The van der Waals surface area contributed by atoms with Crippen LogP contribution in [0.2, 0.25) is 0 Å². The summed E-state index contributed by atoms with van der Waals surface area (Å²) in [4.78, 5) is 4.35. The van der Waals surface area contributed by atoms with E-state index in [4.69, 9.17) is 10.5 Å². The summed E-state index contributed by atoms with van der Waals surface area (Å²) in [5.41, 5.74) is 8.37. The van der Waals surface area contributed by atoms with E-state index in [2.05, 4.69) is 17.1 Å². The van der Waals surface area contributed by atoms with Crippen LogP contribution >= 0.6 is 0 Å². The first-order valence-corrected chi connectivity index (χ1v) is 6.28. The van der Waals surface area contributed by atoms with Crippen molar-refractivity contribution in [2.75, 3.05) is 6.61 Å². The van der Waals surface area contributed by atoms with E-state index in [1.165, 1.54) is 0 Å². The molecule has 0 saturated heterocycles. The normalized spacial score (nSPS) is 17.1. The average molecular weight is 240 g/mol. The second kappa shape index (κ2) is 4.78. The summed E-state index contributed by atoms with van der Waals surface area (Å²) in [5, 5.41) is 1.10. The van der Waals surface area contributed by atoms with E-state index < -0.39 is 0 Å². The van der Waals surface area contributed by atoms with Crippen LogP contribution in [-0.2, 0) is 4.74 Å². The minimum absolute atomic E-state index is 0.196. The van der Waals surface area contributed by atoms with Crippen molar-refractivity contribution in [1.29, 1.82) is 0 Å². The van der Waals surface area contributed by atoms with Crippen LogP contribution in [0.1, 0.15) is 24.4 Å². The predicted molar refractivity (Wildman–Crippen MR) is 71.9 cm³/mol. The first-order valence-electron chi connectivity index (χ1n) is 6.28. The van der Waals surface area contributed by atoms with E-state index in [0.29, 0.717) is 0 Å². The van der Waals surface area contributed by atoms with Crippen molar-refractivity contribution in [3.8, 4) is 0 Å². The highest BCUT2D eigenvalue weighted by atomic mass is 16.5. The maximum Gasteiger partial charge on any atom is 0.113 e. The summed E-state index contributed by atoms with van der Waals surface area (Å²) in [7, 11) is 0. The summed E-state index contributed by atoms with van der Waals surface area (Å²) >= 11 is 0. The molecule has 0 saturated carbocycles. The largest absolute Gasteiger partial charge is 0.496 e. The third kappa shape index (κ3) is 1.97. The molecule has 0 bridgehead atoms. The van der Waals surface area contributed by atoms with Crippen molar-refractivity contribution in [2.45, 2.75) is 18.9 Å². The fourth-order valence-corrected chi connectivity index (χ4v) is 2.34. The molecule has 0 amide bonds. The Hall–Kier alpha value is -1.87. The fourth-order valence-electron chi connectivity index (χ4n) is 2.34. The van der Waals surface area contributed by atoms with Gasteiger partial charge in [-0.25, -0.2) is 0 Å². The molecule has 2 heterocycles. The predicted octanol–water partition coefficient (Wildman–Crippen LogP) is 2.93. The zero-order valence-electron chi connectivity index (χ0n) is 10.2. The molecule has 0 spiro atoms. The van der Waals surface area contributed by atoms with E-state index in [1.807, 2.05) is 24.3 Å². The number of nitrogens with two attached hydrogens (primary N) is 1. The maximum atomic E-state index is 6.31. The molecule has 1 unspecified atom stereocenters. The lowest BCUT2D eigenvalue weighted by Gasteiger charge is -2.21. The average Bonchev–Trinajstić information content (AvgIpc) is 2.47. The SMILES string of the molecule is NC(C1=CCCCO1)c1cccc2ncccc12. The number of allylic oxidation sites excluding steroid dienone is 1. The van der Waals surface area contributed by atoms with Crippen LogP contribution in [0.5, 0.6) is 0 Å². The van der Waals surface area contributed by atoms with Crippen LogP contribution < -0.4 is 5.73 Å². The lowest BCUT2D eigenvalue weighted by molar-refractivity contribution is 0.176. The number of rotatable bonds is 2. The molecule has 1 atom stereocenters. The molecular weight excluding hydrogens is 224 g/mol. The quantitative estimate of drug-likeness (QED) is 0.878. The molecule has 0 radical (unpaired) electrons. The number of nitrogens with zero attached hydrogens (tertiary/aromatic N) is 1. The van der Waals surface area contributed by atoms with E-state index in [1.54, 1.807) is 6.20 Å². The zero-order chi connectivity index (χ0) is 12.4. The Labute approximate surface area is 106 Å². The first-order chi connectivity index (χ1) is 8.86. The van der Waals surface area contributed by atoms with Crippen LogP contribution in [0.25, 0.3) is 10.9 Å². The molecular formula is C15H16N2O. The molecule has 18 heavy (non-hydrogen) atoms. The molecule has 0 fully saturated rings. The Kier molecular flexibility index (Phi) is 2.99. The summed E-state index contributed by atoms with van der Waals surface area (Å²) in [6, 6.07) is 9.84. The molecule has 3 rings (SSSR count). The second-order valence-corrected chi connectivity index (χ2v) is 4.49. The van der Waals surface area contributed by atoms with Crippen LogP contribution in [0.4, 0.5) is 0 Å². The maximum absolute atomic E-state index is 6.31. The molecule has 1 aliphatic heterocycles. The Morgan fingerprint density at radius 1 is 1.22 bits per heavy atom. The standard InChI is InChI=1S/C15H16N2O/c16-15(14-8-1-2-10-18-14)12-5-3-7-13-11(12)6-4-9-17-13/h3-9,15H,1-2,10,16H2. The second-order valence-electron chi connectivity index (χ2n) is 4.49. The number of hydrogen-bond donors (Lipinski definition) is 1. The van der Waals surface area contributed by atoms with Crippen molar-refractivity contribution in [1.82, 2.24) is 4.98 Å². The minimum atomic E-state index is -0.196. The Morgan fingerprint density at radius 3 is 3.00 bits per heavy atom. The molecule has 1 aliphatic rings. The first kappa shape index (κ1) is 11.2. The highest BCUT2D eigenvalue weighted by Crippen LogP contribution is 2.28. The summed E-state index contributed by atoms with van der Waals surface area (Å²) < 4.78 is 5.66. The third-order valence-electron chi connectivity index (χ3n) is 3.28. The molecule has 3 heteroatoms. The molecule has 2 N–H and O–H groups in total. The highest BCUT2D eigenvalue weighted by Gasteiger charge is 2.17. The third-order valence-corrected chi connectivity index (χ3v) is 3.28. The topological polar surface area (TPSA) is 48.1 Å². The van der Waals surface area contributed by atoms with Gasteiger partial charge in [0.15, 0.2) is 0 Å². The van der Waals surface area contributed by atoms with Crippen LogP contribution in [0.15, 0.2) is 48.4 Å². The number of fused-ring (bicyclic) bond motifs is 1. The van der Waals surface area contributed by atoms with Crippen molar-refractivity contribution in [3.63, 3.8) is 0 Å². The van der Waals surface area contributed by atoms with Crippen LogP contribution in [-0.4, -0.2) is 11.6 Å². The molecule has 1 aromatic heterocycles. The van der Waals surface area contributed by atoms with Gasteiger partial charge in [-0.2, -0.15) is 0 Å². The van der Waals surface area contributed by atoms with Crippen LogP contribution in [0, 0.1) is 0 Å². The summed E-state index contributed by atoms with van der Waals surface area (Å²) in [6.45, 7) is 0.766. The van der Waals surface area contributed by atoms with Gasteiger partial charge in [0.2, 0.25) is 0 Å². The minimum Gasteiger partial charge on any atom is -0.496 e. The number of pyridine rings is 1. The number of hydrogen-bond acceptors (Lipinski definition) is 3. The van der Waals surface area contributed by atoms with Crippen molar-refractivity contribution < 1.29 is 4.74 Å². The number of ether oxygens (including phenoxy) is 1. The molecule has 2 aromatic rings. The van der Waals surface area contributed by atoms with Gasteiger partial charge in [0.05, 0.1) is 18.2 Å².